The summed E-state index contributed by atoms with van der Waals surface area (Å²) in [6, 6.07) is 3.88. The number of ether oxygens (including phenoxy) is 2. The number of nitrogens with one attached hydrogen (secondary N) is 1. The van der Waals surface area contributed by atoms with E-state index in [0.717, 1.165) is 22.5 Å². The van der Waals surface area contributed by atoms with Crippen molar-refractivity contribution in [3.63, 3.8) is 0 Å². The molecule has 0 saturated carbocycles. The molecule has 164 valence electrons. The van der Waals surface area contributed by atoms with Gasteiger partial charge in [-0.25, -0.2) is 14.6 Å². The largest absolute Gasteiger partial charge is 0.462 e. The third kappa shape index (κ3) is 5.11. The summed E-state index contributed by atoms with van der Waals surface area (Å²) < 4.78 is 12.2. The molecule has 1 amide bonds. The number of amides is 1. The summed E-state index contributed by atoms with van der Waals surface area (Å²) in [7, 11) is 0. The topological polar surface area (TPSA) is 99.0 Å². The van der Waals surface area contributed by atoms with E-state index in [2.05, 4.69) is 10.3 Å². The van der Waals surface area contributed by atoms with Gasteiger partial charge in [0.2, 0.25) is 5.91 Å². The highest BCUT2D eigenvalue weighted by Crippen LogP contribution is 2.34. The van der Waals surface area contributed by atoms with Crippen LogP contribution >= 0.6 is 11.3 Å². The lowest BCUT2D eigenvalue weighted by Crippen LogP contribution is -2.16. The van der Waals surface area contributed by atoms with Crippen molar-refractivity contribution in [1.82, 2.24) is 9.38 Å². The summed E-state index contributed by atoms with van der Waals surface area (Å²) >= 11 is 1.00. The maximum absolute atomic E-state index is 12.7. The Kier molecular flexibility index (Phi) is 6.74. The Morgan fingerprint density at radius 1 is 1.23 bits per heavy atom. The average Bonchev–Trinajstić information content (AvgIpc) is 3.20. The summed E-state index contributed by atoms with van der Waals surface area (Å²) in [5.41, 5.74) is 3.01. The van der Waals surface area contributed by atoms with Gasteiger partial charge in [-0.15, -0.1) is 11.3 Å². The molecule has 0 aliphatic carbocycles. The van der Waals surface area contributed by atoms with Crippen LogP contribution in [-0.2, 0) is 20.7 Å². The highest BCUT2D eigenvalue weighted by atomic mass is 32.1. The number of fused-ring (bicyclic) bond motifs is 1. The van der Waals surface area contributed by atoms with E-state index in [0.29, 0.717) is 11.3 Å². The first-order chi connectivity index (χ1) is 14.7. The molecule has 0 fully saturated rings. The monoisotopic (exact) mass is 443 g/mol. The van der Waals surface area contributed by atoms with Crippen molar-refractivity contribution in [3.8, 4) is 0 Å². The van der Waals surface area contributed by atoms with Gasteiger partial charge in [0, 0.05) is 12.4 Å². The number of pyridine rings is 1. The molecule has 31 heavy (non-hydrogen) atoms. The van der Waals surface area contributed by atoms with Gasteiger partial charge in [0.05, 0.1) is 30.4 Å². The Hall–Kier alpha value is -3.20. The van der Waals surface area contributed by atoms with Crippen molar-refractivity contribution in [2.45, 2.75) is 47.1 Å². The zero-order valence-corrected chi connectivity index (χ0v) is 19.0. The molecule has 0 radical (unpaired) electrons. The minimum Gasteiger partial charge on any atom is -0.462 e. The molecule has 3 aromatic rings. The number of nitrogens with zero attached hydrogens (tertiary/aromatic N) is 2. The Morgan fingerprint density at radius 3 is 2.65 bits per heavy atom. The molecular formula is C22H25N3O5S. The minimum atomic E-state index is -0.599. The fraction of sp³-hybridized carbons (Fsp3) is 0.364. The maximum atomic E-state index is 12.7. The van der Waals surface area contributed by atoms with Crippen molar-refractivity contribution in [2.24, 2.45) is 0 Å². The van der Waals surface area contributed by atoms with Gasteiger partial charge in [-0.2, -0.15) is 0 Å². The summed E-state index contributed by atoms with van der Waals surface area (Å²) in [6.07, 6.45) is 3.38. The van der Waals surface area contributed by atoms with E-state index in [1.54, 1.807) is 33.9 Å². The minimum absolute atomic E-state index is 0.0196. The van der Waals surface area contributed by atoms with E-state index in [1.807, 2.05) is 29.7 Å². The van der Waals surface area contributed by atoms with Crippen LogP contribution in [0.2, 0.25) is 0 Å². The van der Waals surface area contributed by atoms with Gasteiger partial charge in [0.25, 0.3) is 0 Å². The second kappa shape index (κ2) is 9.30. The number of carbonyl (C=O) groups is 3. The second-order valence-corrected chi connectivity index (χ2v) is 8.38. The van der Waals surface area contributed by atoms with E-state index in [-0.39, 0.29) is 40.5 Å². The van der Waals surface area contributed by atoms with E-state index in [1.165, 1.54) is 0 Å². The van der Waals surface area contributed by atoms with Crippen molar-refractivity contribution < 1.29 is 23.9 Å². The quantitative estimate of drug-likeness (QED) is 0.556. The number of imidazole rings is 1. The number of hydrogen-bond donors (Lipinski definition) is 1. The summed E-state index contributed by atoms with van der Waals surface area (Å²) in [6.45, 7) is 8.96. The standard InChI is InChI=1S/C22H25N3O5S/c1-6-29-21(27)18-14(5)19(22(28)30-12(2)3)31-20(18)24-17(26)10-15-11-25-8-7-13(4)9-16(25)23-15/h7-9,11-12H,6,10H2,1-5H3,(H,24,26). The summed E-state index contributed by atoms with van der Waals surface area (Å²) in [5.74, 6) is -1.49. The van der Waals surface area contributed by atoms with Crippen molar-refractivity contribution in [2.75, 3.05) is 11.9 Å². The lowest BCUT2D eigenvalue weighted by atomic mass is 10.1. The SMILES string of the molecule is CCOC(=O)c1c(NC(=O)Cc2cn3ccc(C)cc3n2)sc(C(=O)OC(C)C)c1C. The molecule has 3 aromatic heterocycles. The van der Waals surface area contributed by atoms with Gasteiger partial charge in [0.15, 0.2) is 0 Å². The molecule has 3 heterocycles. The van der Waals surface area contributed by atoms with E-state index in [9.17, 15) is 14.4 Å². The van der Waals surface area contributed by atoms with Crippen LogP contribution in [0.3, 0.4) is 0 Å². The number of hydrogen-bond acceptors (Lipinski definition) is 7. The van der Waals surface area contributed by atoms with E-state index >= 15 is 0 Å². The number of aryl methyl sites for hydroxylation is 1. The van der Waals surface area contributed by atoms with Gasteiger partial charge in [0.1, 0.15) is 15.5 Å². The van der Waals surface area contributed by atoms with Gasteiger partial charge < -0.3 is 19.2 Å². The van der Waals surface area contributed by atoms with Crippen LogP contribution in [0, 0.1) is 13.8 Å². The predicted octanol–water partition coefficient (Wildman–Crippen LogP) is 3.94. The molecule has 0 atom stereocenters. The molecule has 0 aliphatic rings. The molecule has 0 unspecified atom stereocenters. The molecule has 0 spiro atoms. The Bertz CT molecular complexity index is 1150. The molecule has 0 aliphatic heterocycles. The number of thiophene rings is 1. The van der Waals surface area contributed by atoms with Crippen LogP contribution < -0.4 is 5.32 Å². The third-order valence-corrected chi connectivity index (χ3v) is 5.60. The van der Waals surface area contributed by atoms with Crippen LogP contribution in [0.25, 0.3) is 5.65 Å². The number of anilines is 1. The van der Waals surface area contributed by atoms with Crippen molar-refractivity contribution in [1.29, 1.82) is 0 Å². The normalized spacial score (nSPS) is 11.0. The maximum Gasteiger partial charge on any atom is 0.348 e. The fourth-order valence-electron chi connectivity index (χ4n) is 3.07. The number of rotatable bonds is 7. The van der Waals surface area contributed by atoms with Gasteiger partial charge in [-0.05, 0) is 57.9 Å². The van der Waals surface area contributed by atoms with Crippen molar-refractivity contribution in [3.05, 3.63) is 51.8 Å². The van der Waals surface area contributed by atoms with Crippen LogP contribution in [0.1, 0.15) is 57.6 Å². The molecule has 0 saturated heterocycles. The molecule has 1 N–H and O–H groups in total. The highest BCUT2D eigenvalue weighted by Gasteiger charge is 2.28. The van der Waals surface area contributed by atoms with E-state index in [4.69, 9.17) is 9.47 Å². The fourth-order valence-corrected chi connectivity index (χ4v) is 4.16. The van der Waals surface area contributed by atoms with Crippen LogP contribution in [0.15, 0.2) is 24.5 Å². The molecule has 0 bridgehead atoms. The molecule has 3 rings (SSSR count). The zero-order chi connectivity index (χ0) is 22.7. The van der Waals surface area contributed by atoms with Gasteiger partial charge in [-0.1, -0.05) is 0 Å². The van der Waals surface area contributed by atoms with Gasteiger partial charge in [-0.3, -0.25) is 4.79 Å². The first kappa shape index (κ1) is 22.5. The van der Waals surface area contributed by atoms with E-state index < -0.39 is 11.9 Å². The number of esters is 2. The zero-order valence-electron chi connectivity index (χ0n) is 18.1. The summed E-state index contributed by atoms with van der Waals surface area (Å²) in [4.78, 5) is 42.4. The van der Waals surface area contributed by atoms with Crippen LogP contribution in [-0.4, -0.2) is 39.9 Å². The third-order valence-electron chi connectivity index (χ3n) is 4.41. The molecule has 9 heteroatoms. The Labute approximate surface area is 184 Å². The summed E-state index contributed by atoms with van der Waals surface area (Å²) in [5, 5.41) is 3.01. The molecule has 0 aromatic carbocycles. The molecular weight excluding hydrogens is 418 g/mol. The number of aromatic nitrogens is 2. The first-order valence-corrected chi connectivity index (χ1v) is 10.8. The Morgan fingerprint density at radius 2 is 1.97 bits per heavy atom. The first-order valence-electron chi connectivity index (χ1n) is 9.95. The average molecular weight is 444 g/mol. The highest BCUT2D eigenvalue weighted by molar-refractivity contribution is 7.18. The predicted molar refractivity (Wildman–Crippen MR) is 118 cm³/mol. The smallest absolute Gasteiger partial charge is 0.348 e. The molecule has 8 nitrogen and oxygen atoms in total. The second-order valence-electron chi connectivity index (χ2n) is 7.36. The van der Waals surface area contributed by atoms with Crippen LogP contribution in [0.4, 0.5) is 5.00 Å². The van der Waals surface area contributed by atoms with Crippen LogP contribution in [0.5, 0.6) is 0 Å². The van der Waals surface area contributed by atoms with Gasteiger partial charge >= 0.3 is 11.9 Å². The Balaban J connectivity index is 1.86. The number of carbonyl (C=O) groups excluding carboxylic acids is 3. The lowest BCUT2D eigenvalue weighted by molar-refractivity contribution is -0.115. The lowest BCUT2D eigenvalue weighted by Gasteiger charge is -2.07. The van der Waals surface area contributed by atoms with Crippen molar-refractivity contribution >= 4 is 39.8 Å².